The lowest BCUT2D eigenvalue weighted by atomic mass is 10.1. The van der Waals surface area contributed by atoms with Gasteiger partial charge < -0.3 is 10.2 Å². The molecule has 2 fully saturated rings. The summed E-state index contributed by atoms with van der Waals surface area (Å²) < 4.78 is 0. The molecule has 1 amide bonds. The molecule has 3 aliphatic heterocycles. The molecule has 0 aliphatic carbocycles. The van der Waals surface area contributed by atoms with Gasteiger partial charge in [-0.2, -0.15) is 0 Å². The van der Waals surface area contributed by atoms with E-state index < -0.39 is 0 Å². The van der Waals surface area contributed by atoms with Gasteiger partial charge in [0, 0.05) is 37.4 Å². The van der Waals surface area contributed by atoms with E-state index in [1.165, 1.54) is 24.8 Å². The maximum atomic E-state index is 12.7. The minimum absolute atomic E-state index is 0.262. The average molecular weight is 285 g/mol. The van der Waals surface area contributed by atoms with E-state index in [2.05, 4.69) is 28.4 Å². The standard InChI is InChI=1S/C17H23N3O/c21-17(20-10-7-13-3-1-2-4-16(13)20)12-19-9-8-14-5-6-15(11-19)18-14/h1-4,14-15,18H,5-12H2. The Morgan fingerprint density at radius 2 is 2.00 bits per heavy atom. The lowest BCUT2D eigenvalue weighted by Gasteiger charge is -2.26. The Bertz CT molecular complexity index is 545. The first-order valence-electron chi connectivity index (χ1n) is 8.16. The van der Waals surface area contributed by atoms with Crippen molar-refractivity contribution in [3.63, 3.8) is 0 Å². The van der Waals surface area contributed by atoms with Crippen LogP contribution >= 0.6 is 0 Å². The van der Waals surface area contributed by atoms with E-state index in [1.54, 1.807) is 0 Å². The van der Waals surface area contributed by atoms with Crippen molar-refractivity contribution >= 4 is 11.6 Å². The second-order valence-corrected chi connectivity index (χ2v) is 6.59. The van der Waals surface area contributed by atoms with Crippen LogP contribution in [0.15, 0.2) is 24.3 Å². The van der Waals surface area contributed by atoms with Crippen molar-refractivity contribution in [2.75, 3.05) is 31.1 Å². The van der Waals surface area contributed by atoms with Gasteiger partial charge in [-0.3, -0.25) is 9.69 Å². The van der Waals surface area contributed by atoms with E-state index in [0.29, 0.717) is 18.6 Å². The predicted molar refractivity (Wildman–Crippen MR) is 83.5 cm³/mol. The Kier molecular flexibility index (Phi) is 3.43. The van der Waals surface area contributed by atoms with E-state index in [-0.39, 0.29) is 5.91 Å². The van der Waals surface area contributed by atoms with Crippen LogP contribution in [-0.4, -0.2) is 49.1 Å². The first kappa shape index (κ1) is 13.3. The van der Waals surface area contributed by atoms with Crippen molar-refractivity contribution < 1.29 is 4.79 Å². The highest BCUT2D eigenvalue weighted by atomic mass is 16.2. The number of anilines is 1. The van der Waals surface area contributed by atoms with Crippen LogP contribution in [0.5, 0.6) is 0 Å². The Morgan fingerprint density at radius 3 is 2.95 bits per heavy atom. The number of amides is 1. The molecular formula is C17H23N3O. The normalized spacial score (nSPS) is 28.5. The fraction of sp³-hybridized carbons (Fsp3) is 0.588. The summed E-state index contributed by atoms with van der Waals surface area (Å²) in [5.74, 6) is 0.262. The van der Waals surface area contributed by atoms with Crippen LogP contribution in [0.4, 0.5) is 5.69 Å². The predicted octanol–water partition coefficient (Wildman–Crippen LogP) is 1.40. The SMILES string of the molecule is O=C(CN1CCC2CCC(C1)N2)N1CCc2ccccc21. The second kappa shape index (κ2) is 5.43. The molecule has 4 nitrogen and oxygen atoms in total. The third-order valence-corrected chi connectivity index (χ3v) is 5.15. The van der Waals surface area contributed by atoms with Gasteiger partial charge in [0.15, 0.2) is 0 Å². The highest BCUT2D eigenvalue weighted by Gasteiger charge is 2.31. The molecule has 3 aliphatic rings. The highest BCUT2D eigenvalue weighted by molar-refractivity contribution is 5.96. The number of carbonyl (C=O) groups excluding carboxylic acids is 1. The molecule has 1 aromatic rings. The monoisotopic (exact) mass is 285 g/mol. The van der Waals surface area contributed by atoms with Crippen molar-refractivity contribution in [3.05, 3.63) is 29.8 Å². The summed E-state index contributed by atoms with van der Waals surface area (Å²) in [5.41, 5.74) is 2.43. The highest BCUT2D eigenvalue weighted by Crippen LogP contribution is 2.28. The van der Waals surface area contributed by atoms with Crippen LogP contribution in [0, 0.1) is 0 Å². The van der Waals surface area contributed by atoms with E-state index in [1.807, 2.05) is 11.0 Å². The van der Waals surface area contributed by atoms with Crippen molar-refractivity contribution in [2.24, 2.45) is 0 Å². The fourth-order valence-electron chi connectivity index (χ4n) is 4.03. The molecule has 1 N–H and O–H groups in total. The van der Waals surface area contributed by atoms with Gasteiger partial charge in [-0.05, 0) is 37.3 Å². The van der Waals surface area contributed by atoms with E-state index in [9.17, 15) is 4.79 Å². The molecule has 2 saturated heterocycles. The smallest absolute Gasteiger partial charge is 0.241 e. The van der Waals surface area contributed by atoms with Crippen LogP contribution in [0.1, 0.15) is 24.8 Å². The first-order valence-corrected chi connectivity index (χ1v) is 8.16. The Labute approximate surface area is 126 Å². The minimum atomic E-state index is 0.262. The van der Waals surface area contributed by atoms with Crippen molar-refractivity contribution in [3.8, 4) is 0 Å². The Hall–Kier alpha value is -1.39. The van der Waals surface area contributed by atoms with E-state index in [4.69, 9.17) is 0 Å². The summed E-state index contributed by atoms with van der Waals surface area (Å²) in [5, 5.41) is 3.67. The molecule has 0 spiro atoms. The molecule has 0 aromatic heterocycles. The number of rotatable bonds is 2. The largest absolute Gasteiger partial charge is 0.311 e. The molecule has 4 heteroatoms. The Morgan fingerprint density at radius 1 is 1.14 bits per heavy atom. The van der Waals surface area contributed by atoms with E-state index >= 15 is 0 Å². The topological polar surface area (TPSA) is 35.6 Å². The lowest BCUT2D eigenvalue weighted by molar-refractivity contribution is -0.119. The third kappa shape index (κ3) is 2.58. The number of fused-ring (bicyclic) bond motifs is 3. The molecule has 21 heavy (non-hydrogen) atoms. The summed E-state index contributed by atoms with van der Waals surface area (Å²) in [6.07, 6.45) is 4.75. The number of benzene rings is 1. The number of nitrogens with zero attached hydrogens (tertiary/aromatic N) is 2. The van der Waals surface area contributed by atoms with E-state index in [0.717, 1.165) is 31.7 Å². The summed E-state index contributed by atoms with van der Waals surface area (Å²) in [7, 11) is 0. The number of hydrogen-bond acceptors (Lipinski definition) is 3. The average Bonchev–Trinajstić information content (AvgIpc) is 3.05. The van der Waals surface area contributed by atoms with Gasteiger partial charge in [0.05, 0.1) is 6.54 Å². The van der Waals surface area contributed by atoms with Crippen LogP contribution in [0.3, 0.4) is 0 Å². The van der Waals surface area contributed by atoms with Crippen molar-refractivity contribution in [1.82, 2.24) is 10.2 Å². The van der Waals surface area contributed by atoms with Crippen molar-refractivity contribution in [1.29, 1.82) is 0 Å². The first-order chi connectivity index (χ1) is 10.3. The summed E-state index contributed by atoms with van der Waals surface area (Å²) >= 11 is 0. The van der Waals surface area contributed by atoms with Crippen LogP contribution in [-0.2, 0) is 11.2 Å². The number of nitrogens with one attached hydrogen (secondary N) is 1. The van der Waals surface area contributed by atoms with Gasteiger partial charge in [-0.15, -0.1) is 0 Å². The number of hydrogen-bond donors (Lipinski definition) is 1. The van der Waals surface area contributed by atoms with Gasteiger partial charge >= 0.3 is 0 Å². The molecule has 112 valence electrons. The van der Waals surface area contributed by atoms with Gasteiger partial charge in [0.1, 0.15) is 0 Å². The second-order valence-electron chi connectivity index (χ2n) is 6.59. The molecule has 2 unspecified atom stereocenters. The molecule has 0 radical (unpaired) electrons. The maximum absolute atomic E-state index is 12.7. The Balaban J connectivity index is 1.42. The van der Waals surface area contributed by atoms with Crippen LogP contribution < -0.4 is 10.2 Å². The minimum Gasteiger partial charge on any atom is -0.311 e. The van der Waals surface area contributed by atoms with Gasteiger partial charge in [-0.25, -0.2) is 0 Å². The van der Waals surface area contributed by atoms with Crippen LogP contribution in [0.25, 0.3) is 0 Å². The summed E-state index contributed by atoms with van der Waals surface area (Å²) in [6, 6.07) is 9.58. The fourth-order valence-corrected chi connectivity index (χ4v) is 4.03. The van der Waals surface area contributed by atoms with Gasteiger partial charge in [-0.1, -0.05) is 18.2 Å². The summed E-state index contributed by atoms with van der Waals surface area (Å²) in [4.78, 5) is 17.0. The zero-order valence-corrected chi connectivity index (χ0v) is 12.4. The molecule has 1 aromatic carbocycles. The van der Waals surface area contributed by atoms with Crippen LogP contribution in [0.2, 0.25) is 0 Å². The lowest BCUT2D eigenvalue weighted by Crippen LogP contribution is -2.43. The number of para-hydroxylation sites is 1. The summed E-state index contributed by atoms with van der Waals surface area (Å²) in [6.45, 7) is 3.49. The molecule has 3 heterocycles. The van der Waals surface area contributed by atoms with Gasteiger partial charge in [0.25, 0.3) is 0 Å². The molecule has 0 saturated carbocycles. The maximum Gasteiger partial charge on any atom is 0.241 e. The third-order valence-electron chi connectivity index (χ3n) is 5.15. The molecular weight excluding hydrogens is 262 g/mol. The molecule has 2 atom stereocenters. The zero-order valence-electron chi connectivity index (χ0n) is 12.4. The number of carbonyl (C=O) groups is 1. The quantitative estimate of drug-likeness (QED) is 0.892. The molecule has 4 rings (SSSR count). The molecule has 2 bridgehead atoms. The zero-order chi connectivity index (χ0) is 14.2. The van der Waals surface area contributed by atoms with Crippen molar-refractivity contribution in [2.45, 2.75) is 37.8 Å². The van der Waals surface area contributed by atoms with Gasteiger partial charge in [0.2, 0.25) is 5.91 Å². The number of likely N-dealkylation sites (tertiary alicyclic amines) is 1.